The lowest BCUT2D eigenvalue weighted by Crippen LogP contribution is -2.49. The molecule has 0 saturated carbocycles. The topological polar surface area (TPSA) is 84.6 Å². The highest BCUT2D eigenvalue weighted by molar-refractivity contribution is 5.80. The first-order valence-corrected chi connectivity index (χ1v) is 7.72. The smallest absolute Gasteiger partial charge is 0.308 e. The first kappa shape index (κ1) is 15.8. The second-order valence-electron chi connectivity index (χ2n) is 6.01. The lowest BCUT2D eigenvalue weighted by atomic mass is 9.93. The zero-order valence-corrected chi connectivity index (χ0v) is 12.3. The van der Waals surface area contributed by atoms with E-state index in [1.54, 1.807) is 4.90 Å². The third-order valence-electron chi connectivity index (χ3n) is 4.48. The van der Waals surface area contributed by atoms with E-state index in [-0.39, 0.29) is 11.8 Å². The Hall–Kier alpha value is -1.61. The van der Waals surface area contributed by atoms with Crippen LogP contribution in [-0.2, 0) is 9.59 Å². The molecule has 0 bridgehead atoms. The molecule has 6 heteroatoms. The molecule has 2 atom stereocenters. The molecular formula is C15H23N3O3. The van der Waals surface area contributed by atoms with Gasteiger partial charge in [0.15, 0.2) is 0 Å². The number of nitrogens with zero attached hydrogens (tertiary/aromatic N) is 3. The number of hydrogen-bond acceptors (Lipinski definition) is 4. The van der Waals surface area contributed by atoms with Crippen LogP contribution in [0.1, 0.15) is 32.1 Å². The lowest BCUT2D eigenvalue weighted by Gasteiger charge is -2.37. The molecule has 0 aromatic carbocycles. The van der Waals surface area contributed by atoms with Gasteiger partial charge >= 0.3 is 5.97 Å². The standard InChI is InChI=1S/C15H23N3O3/c16-6-3-8-17-7-1-4-12(10-17)14(19)18-9-2-5-13(11-18)15(20)21/h12-13H,1-5,7-11H2,(H,20,21). The van der Waals surface area contributed by atoms with Gasteiger partial charge in [-0.15, -0.1) is 0 Å². The minimum atomic E-state index is -0.799. The SMILES string of the molecule is N#CCCN1CCCC(C(=O)N2CCCC(C(=O)O)C2)C1. The van der Waals surface area contributed by atoms with Crippen LogP contribution in [0.5, 0.6) is 0 Å². The minimum absolute atomic E-state index is 0.0370. The molecule has 0 radical (unpaired) electrons. The summed E-state index contributed by atoms with van der Waals surface area (Å²) in [5.41, 5.74) is 0. The van der Waals surface area contributed by atoms with Crippen LogP contribution >= 0.6 is 0 Å². The molecule has 1 amide bonds. The maximum absolute atomic E-state index is 12.6. The summed E-state index contributed by atoms with van der Waals surface area (Å²) >= 11 is 0. The third-order valence-corrected chi connectivity index (χ3v) is 4.48. The number of nitriles is 1. The van der Waals surface area contributed by atoms with Gasteiger partial charge in [0.05, 0.1) is 17.9 Å². The van der Waals surface area contributed by atoms with Gasteiger partial charge in [-0.3, -0.25) is 9.59 Å². The number of rotatable bonds is 4. The Kier molecular flexibility index (Phi) is 5.57. The fourth-order valence-corrected chi connectivity index (χ4v) is 3.31. The van der Waals surface area contributed by atoms with E-state index in [0.717, 1.165) is 32.4 Å². The van der Waals surface area contributed by atoms with E-state index in [0.29, 0.717) is 32.5 Å². The Balaban J connectivity index is 1.89. The third kappa shape index (κ3) is 4.18. The Morgan fingerprint density at radius 3 is 2.57 bits per heavy atom. The Morgan fingerprint density at radius 1 is 1.14 bits per heavy atom. The van der Waals surface area contributed by atoms with Crippen molar-refractivity contribution in [2.45, 2.75) is 32.1 Å². The Bertz CT molecular complexity index is 432. The molecule has 2 unspecified atom stereocenters. The maximum Gasteiger partial charge on any atom is 0.308 e. The summed E-state index contributed by atoms with van der Waals surface area (Å²) in [6.07, 6.45) is 3.77. The average Bonchev–Trinajstić information content (AvgIpc) is 2.52. The van der Waals surface area contributed by atoms with Crippen LogP contribution in [0, 0.1) is 23.2 Å². The number of carboxylic acids is 1. The molecular weight excluding hydrogens is 270 g/mol. The monoisotopic (exact) mass is 293 g/mol. The van der Waals surface area contributed by atoms with Crippen molar-refractivity contribution in [3.05, 3.63) is 0 Å². The second-order valence-corrected chi connectivity index (χ2v) is 6.01. The molecule has 6 nitrogen and oxygen atoms in total. The molecule has 2 aliphatic rings. The van der Waals surface area contributed by atoms with Gasteiger partial charge in [0.2, 0.25) is 5.91 Å². The van der Waals surface area contributed by atoms with Crippen LogP contribution in [0.3, 0.4) is 0 Å². The normalized spacial score (nSPS) is 27.1. The highest BCUT2D eigenvalue weighted by Gasteiger charge is 2.33. The van der Waals surface area contributed by atoms with E-state index in [4.69, 9.17) is 10.4 Å². The molecule has 0 aliphatic carbocycles. The van der Waals surface area contributed by atoms with E-state index in [1.807, 2.05) is 0 Å². The van der Waals surface area contributed by atoms with Gasteiger partial charge in [-0.25, -0.2) is 0 Å². The molecule has 0 spiro atoms. The zero-order chi connectivity index (χ0) is 15.2. The van der Waals surface area contributed by atoms with Gasteiger partial charge in [-0.1, -0.05) is 0 Å². The molecule has 2 fully saturated rings. The van der Waals surface area contributed by atoms with Gasteiger partial charge in [-0.05, 0) is 32.2 Å². The Morgan fingerprint density at radius 2 is 1.86 bits per heavy atom. The first-order chi connectivity index (χ1) is 10.1. The van der Waals surface area contributed by atoms with Gasteiger partial charge in [-0.2, -0.15) is 5.26 Å². The van der Waals surface area contributed by atoms with Crippen molar-refractivity contribution in [2.24, 2.45) is 11.8 Å². The van der Waals surface area contributed by atoms with Gasteiger partial charge in [0.25, 0.3) is 0 Å². The fraction of sp³-hybridized carbons (Fsp3) is 0.800. The van der Waals surface area contributed by atoms with E-state index in [9.17, 15) is 9.59 Å². The summed E-state index contributed by atoms with van der Waals surface area (Å²) in [5.74, 6) is -1.15. The number of amides is 1. The largest absolute Gasteiger partial charge is 0.481 e. The molecule has 21 heavy (non-hydrogen) atoms. The van der Waals surface area contributed by atoms with E-state index >= 15 is 0 Å². The molecule has 2 rings (SSSR count). The Labute approximate surface area is 125 Å². The summed E-state index contributed by atoms with van der Waals surface area (Å²) < 4.78 is 0. The number of aliphatic carboxylic acids is 1. The van der Waals surface area contributed by atoms with Crippen molar-refractivity contribution in [1.82, 2.24) is 9.80 Å². The first-order valence-electron chi connectivity index (χ1n) is 7.72. The van der Waals surface area contributed by atoms with Crippen LogP contribution in [-0.4, -0.2) is 59.5 Å². The summed E-state index contributed by atoms with van der Waals surface area (Å²) in [6, 6.07) is 2.14. The fourth-order valence-electron chi connectivity index (χ4n) is 3.31. The molecule has 0 aromatic heterocycles. The molecule has 2 saturated heterocycles. The minimum Gasteiger partial charge on any atom is -0.481 e. The number of carboxylic acid groups (broad SMARTS) is 1. The van der Waals surface area contributed by atoms with Gasteiger partial charge in [0.1, 0.15) is 0 Å². The van der Waals surface area contributed by atoms with E-state index in [2.05, 4.69) is 11.0 Å². The highest BCUT2D eigenvalue weighted by Crippen LogP contribution is 2.23. The maximum atomic E-state index is 12.6. The predicted octanol–water partition coefficient (Wildman–Crippen LogP) is 0.935. The van der Waals surface area contributed by atoms with Crippen molar-refractivity contribution < 1.29 is 14.7 Å². The van der Waals surface area contributed by atoms with Gasteiger partial charge < -0.3 is 14.9 Å². The lowest BCUT2D eigenvalue weighted by molar-refractivity contribution is -0.147. The average molecular weight is 293 g/mol. The molecule has 2 heterocycles. The number of carbonyl (C=O) groups excluding carboxylic acids is 1. The quantitative estimate of drug-likeness (QED) is 0.833. The van der Waals surface area contributed by atoms with Crippen molar-refractivity contribution in [2.75, 3.05) is 32.7 Å². The zero-order valence-electron chi connectivity index (χ0n) is 12.3. The van der Waals surface area contributed by atoms with Crippen molar-refractivity contribution in [3.63, 3.8) is 0 Å². The number of piperidine rings is 2. The summed E-state index contributed by atoms with van der Waals surface area (Å²) in [5, 5.41) is 17.8. The summed E-state index contributed by atoms with van der Waals surface area (Å²) in [6.45, 7) is 3.40. The number of likely N-dealkylation sites (tertiary alicyclic amines) is 2. The van der Waals surface area contributed by atoms with Crippen LogP contribution in [0.4, 0.5) is 0 Å². The second kappa shape index (κ2) is 7.41. The molecule has 1 N–H and O–H groups in total. The van der Waals surface area contributed by atoms with Crippen LogP contribution in [0.15, 0.2) is 0 Å². The van der Waals surface area contributed by atoms with Crippen LogP contribution in [0.2, 0.25) is 0 Å². The molecule has 116 valence electrons. The van der Waals surface area contributed by atoms with E-state index < -0.39 is 11.9 Å². The van der Waals surface area contributed by atoms with Crippen molar-refractivity contribution in [1.29, 1.82) is 5.26 Å². The summed E-state index contributed by atoms with van der Waals surface area (Å²) in [4.78, 5) is 27.6. The van der Waals surface area contributed by atoms with Crippen LogP contribution < -0.4 is 0 Å². The van der Waals surface area contributed by atoms with Crippen molar-refractivity contribution >= 4 is 11.9 Å². The van der Waals surface area contributed by atoms with Crippen LogP contribution in [0.25, 0.3) is 0 Å². The molecule has 0 aromatic rings. The van der Waals surface area contributed by atoms with Crippen molar-refractivity contribution in [3.8, 4) is 6.07 Å². The highest BCUT2D eigenvalue weighted by atomic mass is 16.4. The number of hydrogen-bond donors (Lipinski definition) is 1. The predicted molar refractivity (Wildman–Crippen MR) is 76.3 cm³/mol. The number of carbonyl (C=O) groups is 2. The molecule has 2 aliphatic heterocycles. The van der Waals surface area contributed by atoms with Gasteiger partial charge in [0, 0.05) is 32.6 Å². The summed E-state index contributed by atoms with van der Waals surface area (Å²) in [7, 11) is 0. The van der Waals surface area contributed by atoms with E-state index in [1.165, 1.54) is 0 Å².